The first-order valence-electron chi connectivity index (χ1n) is 12.4. The van der Waals surface area contributed by atoms with E-state index >= 15 is 0 Å². The quantitative estimate of drug-likeness (QED) is 0.490. The maximum Gasteiger partial charge on any atom is 0.259 e. The number of amides is 2. The van der Waals surface area contributed by atoms with Gasteiger partial charge in [-0.2, -0.15) is 0 Å². The van der Waals surface area contributed by atoms with Crippen molar-refractivity contribution in [3.63, 3.8) is 0 Å². The molecule has 2 amide bonds. The number of aliphatic hydroxyl groups excluding tert-OH is 1. The number of aliphatic hydroxyl groups is 1. The molecule has 2 aromatic rings. The minimum absolute atomic E-state index is 0.0623. The minimum atomic E-state index is -0.499. The van der Waals surface area contributed by atoms with E-state index in [-0.39, 0.29) is 17.9 Å². The summed E-state index contributed by atoms with van der Waals surface area (Å²) in [6, 6.07) is 7.24. The Bertz CT molecular complexity index is 1210. The maximum atomic E-state index is 13.4. The largest absolute Gasteiger partial charge is 0.493 e. The molecule has 7 rings (SSSR count). The lowest BCUT2D eigenvalue weighted by Gasteiger charge is -2.38. The van der Waals surface area contributed by atoms with Gasteiger partial charge in [-0.3, -0.25) is 14.5 Å². The summed E-state index contributed by atoms with van der Waals surface area (Å²) in [7, 11) is 0. The molecule has 11 heteroatoms. The molecule has 1 aromatic carbocycles. The standard InChI is InChI=1S/C25H29N7O4/c33-17-12-20-25(35)31-8-6-30(7-9-31)23-21-19(24(34)29-22(21)27-15-28-23)13-26-16-3-1-4-18(11-16)36-10-2-5-32(20)14-17/h1,3-4,11,13,15,17,20,26,33H,2,5-10,12,14H2,(H,27,28,29,34)/b19-13-/t17-,20-/m1/s1. The van der Waals surface area contributed by atoms with Gasteiger partial charge in [-0.25, -0.2) is 9.97 Å². The SMILES string of the molecule is O=C1Nc2ncnc3c2/C1=C/Nc1cccc(c1)OCCCN1C[C@H](O)C[C@@H]1C(=O)N1CCN3CC1. The van der Waals surface area contributed by atoms with Gasteiger partial charge in [0, 0.05) is 57.2 Å². The van der Waals surface area contributed by atoms with Gasteiger partial charge in [-0.1, -0.05) is 6.07 Å². The highest BCUT2D eigenvalue weighted by molar-refractivity contribution is 6.32. The van der Waals surface area contributed by atoms with Crippen molar-refractivity contribution in [1.29, 1.82) is 0 Å². The van der Waals surface area contributed by atoms with Crippen molar-refractivity contribution in [2.45, 2.75) is 25.0 Å². The number of hydrogen-bond donors (Lipinski definition) is 3. The smallest absolute Gasteiger partial charge is 0.259 e. The van der Waals surface area contributed by atoms with Gasteiger partial charge in [-0.15, -0.1) is 0 Å². The molecule has 188 valence electrons. The molecule has 36 heavy (non-hydrogen) atoms. The Kier molecular flexibility index (Phi) is 5.94. The monoisotopic (exact) mass is 491 g/mol. The number of nitrogens with one attached hydrogen (secondary N) is 2. The van der Waals surface area contributed by atoms with Crippen molar-refractivity contribution in [1.82, 2.24) is 19.8 Å². The Morgan fingerprint density at radius 3 is 2.75 bits per heavy atom. The molecule has 0 radical (unpaired) electrons. The van der Waals surface area contributed by atoms with Gasteiger partial charge in [0.2, 0.25) is 5.91 Å². The van der Waals surface area contributed by atoms with Gasteiger partial charge < -0.3 is 30.3 Å². The number of carbonyl (C=O) groups excluding carboxylic acids is 2. The topological polar surface area (TPSA) is 123 Å². The molecule has 2 saturated heterocycles. The van der Waals surface area contributed by atoms with Gasteiger partial charge in [0.1, 0.15) is 23.7 Å². The molecule has 2 atom stereocenters. The molecule has 0 saturated carbocycles. The lowest BCUT2D eigenvalue weighted by atomic mass is 10.1. The third-order valence-corrected chi connectivity index (χ3v) is 7.21. The summed E-state index contributed by atoms with van der Waals surface area (Å²) in [5.41, 5.74) is 1.91. The Morgan fingerprint density at radius 2 is 1.89 bits per heavy atom. The summed E-state index contributed by atoms with van der Waals surface area (Å²) < 4.78 is 5.95. The van der Waals surface area contributed by atoms with Crippen LogP contribution in [0.2, 0.25) is 0 Å². The fourth-order valence-electron chi connectivity index (χ4n) is 5.41. The zero-order valence-corrected chi connectivity index (χ0v) is 19.9. The van der Waals surface area contributed by atoms with Crippen LogP contribution in [0.25, 0.3) is 5.57 Å². The number of hydrogen-bond acceptors (Lipinski definition) is 9. The van der Waals surface area contributed by atoms with Crippen LogP contribution < -0.4 is 20.3 Å². The van der Waals surface area contributed by atoms with Crippen molar-refractivity contribution in [2.24, 2.45) is 0 Å². The summed E-state index contributed by atoms with van der Waals surface area (Å²) in [6.45, 7) is 3.95. The van der Waals surface area contributed by atoms with Crippen molar-refractivity contribution in [3.8, 4) is 5.75 Å². The minimum Gasteiger partial charge on any atom is -0.493 e. The number of piperazine rings is 1. The highest BCUT2D eigenvalue weighted by atomic mass is 16.5. The molecule has 5 aliphatic heterocycles. The van der Waals surface area contributed by atoms with E-state index < -0.39 is 6.10 Å². The molecule has 0 spiro atoms. The molecule has 1 aromatic heterocycles. The van der Waals surface area contributed by atoms with Crippen LogP contribution in [-0.2, 0) is 9.59 Å². The lowest BCUT2D eigenvalue weighted by molar-refractivity contribution is -0.136. The zero-order valence-electron chi connectivity index (χ0n) is 19.9. The first-order valence-corrected chi connectivity index (χ1v) is 12.4. The number of ether oxygens (including phenoxy) is 1. The second-order valence-electron chi connectivity index (χ2n) is 9.52. The fraction of sp³-hybridized carbons (Fsp3) is 0.440. The molecular weight excluding hydrogens is 462 g/mol. The van der Waals surface area contributed by atoms with Crippen molar-refractivity contribution >= 4 is 34.7 Å². The van der Waals surface area contributed by atoms with Crippen LogP contribution in [0, 0.1) is 0 Å². The summed E-state index contributed by atoms with van der Waals surface area (Å²) in [6.07, 6.45) is 3.83. The average molecular weight is 492 g/mol. The van der Waals surface area contributed by atoms with Crippen LogP contribution in [0.3, 0.4) is 0 Å². The Labute approximate surface area is 208 Å². The first-order chi connectivity index (χ1) is 17.6. The molecule has 2 fully saturated rings. The molecule has 11 nitrogen and oxygen atoms in total. The number of benzene rings is 1. The molecule has 3 N–H and O–H groups in total. The molecule has 6 heterocycles. The van der Waals surface area contributed by atoms with Crippen LogP contribution in [0.5, 0.6) is 5.75 Å². The summed E-state index contributed by atoms with van der Waals surface area (Å²) in [4.78, 5) is 41.1. The maximum absolute atomic E-state index is 13.4. The molecule has 0 unspecified atom stereocenters. The van der Waals surface area contributed by atoms with Gasteiger partial charge in [0.15, 0.2) is 0 Å². The lowest BCUT2D eigenvalue weighted by Crippen LogP contribution is -2.54. The first kappa shape index (κ1) is 22.7. The van der Waals surface area contributed by atoms with E-state index in [0.717, 1.165) is 12.1 Å². The van der Waals surface area contributed by atoms with Crippen LogP contribution in [0.1, 0.15) is 18.4 Å². The van der Waals surface area contributed by atoms with Crippen molar-refractivity contribution < 1.29 is 19.4 Å². The van der Waals surface area contributed by atoms with E-state index in [1.165, 1.54) is 6.33 Å². The van der Waals surface area contributed by atoms with Gasteiger partial charge in [0.25, 0.3) is 5.91 Å². The van der Waals surface area contributed by atoms with Crippen molar-refractivity contribution in [3.05, 3.63) is 42.4 Å². The van der Waals surface area contributed by atoms with E-state index in [1.54, 1.807) is 6.20 Å². The van der Waals surface area contributed by atoms with Gasteiger partial charge in [-0.05, 0) is 25.0 Å². The summed E-state index contributed by atoms with van der Waals surface area (Å²) in [5, 5.41) is 16.4. The number of rotatable bonds is 0. The van der Waals surface area contributed by atoms with E-state index in [0.29, 0.717) is 80.8 Å². The molecule has 4 bridgehead atoms. The summed E-state index contributed by atoms with van der Waals surface area (Å²) in [5.74, 6) is 1.68. The number of fused-ring (bicyclic) bond motifs is 6. The Balaban J connectivity index is 1.34. The van der Waals surface area contributed by atoms with E-state index in [4.69, 9.17) is 4.74 Å². The number of nitrogens with zero attached hydrogens (tertiary/aromatic N) is 5. The fourth-order valence-corrected chi connectivity index (χ4v) is 5.41. The predicted molar refractivity (Wildman–Crippen MR) is 134 cm³/mol. The van der Waals surface area contributed by atoms with Crippen LogP contribution in [0.4, 0.5) is 17.3 Å². The van der Waals surface area contributed by atoms with Crippen LogP contribution in [0.15, 0.2) is 36.8 Å². The Hall–Kier alpha value is -3.70. The van der Waals surface area contributed by atoms with E-state index in [2.05, 4.69) is 30.4 Å². The Morgan fingerprint density at radius 1 is 1.06 bits per heavy atom. The number of carbonyl (C=O) groups is 2. The van der Waals surface area contributed by atoms with Gasteiger partial charge >= 0.3 is 0 Å². The second kappa shape index (κ2) is 9.40. The highest BCUT2D eigenvalue weighted by Gasteiger charge is 2.39. The second-order valence-corrected chi connectivity index (χ2v) is 9.52. The molecule has 5 aliphatic rings. The molecular formula is C25H29N7O4. The zero-order chi connectivity index (χ0) is 24.6. The number of aromatic nitrogens is 2. The van der Waals surface area contributed by atoms with E-state index in [1.807, 2.05) is 29.2 Å². The predicted octanol–water partition coefficient (Wildman–Crippen LogP) is 0.748. The van der Waals surface area contributed by atoms with E-state index in [9.17, 15) is 14.7 Å². The van der Waals surface area contributed by atoms with Crippen LogP contribution in [-0.4, -0.2) is 94.7 Å². The third kappa shape index (κ3) is 4.24. The third-order valence-electron chi connectivity index (χ3n) is 7.21. The average Bonchev–Trinajstić information content (AvgIpc) is 3.43. The number of anilines is 3. The highest BCUT2D eigenvalue weighted by Crippen LogP contribution is 2.37. The summed E-state index contributed by atoms with van der Waals surface area (Å²) >= 11 is 0. The normalized spacial score (nSPS) is 26.0. The molecule has 0 aliphatic carbocycles. The van der Waals surface area contributed by atoms with Crippen LogP contribution >= 0.6 is 0 Å². The van der Waals surface area contributed by atoms with Crippen molar-refractivity contribution in [2.75, 3.05) is 61.4 Å². The van der Waals surface area contributed by atoms with Gasteiger partial charge in [0.05, 0.1) is 29.9 Å².